The quantitative estimate of drug-likeness (QED) is 0.172. The number of anilines is 3. The molecule has 0 fully saturated rings. The van der Waals surface area contributed by atoms with Gasteiger partial charge in [-0.25, -0.2) is 0 Å². The van der Waals surface area contributed by atoms with E-state index in [1.807, 2.05) is 0 Å². The lowest BCUT2D eigenvalue weighted by Crippen LogP contribution is -2.28. The Balaban J connectivity index is 1.16. The van der Waals surface area contributed by atoms with Gasteiger partial charge in [-0.05, 0) is 108 Å². The van der Waals surface area contributed by atoms with Crippen molar-refractivity contribution in [2.45, 2.75) is 77.0 Å². The summed E-state index contributed by atoms with van der Waals surface area (Å²) in [5.74, 6) is 0. The molecular formula is C60H53NO. The van der Waals surface area contributed by atoms with E-state index in [1.54, 1.807) is 0 Å². The Hall–Kier alpha value is -6.64. The van der Waals surface area contributed by atoms with Crippen LogP contribution >= 0.6 is 0 Å². The van der Waals surface area contributed by atoms with Gasteiger partial charge in [-0.2, -0.15) is 0 Å². The molecule has 11 rings (SSSR count). The average molecular weight is 804 g/mol. The van der Waals surface area contributed by atoms with Crippen molar-refractivity contribution in [3.63, 3.8) is 0 Å². The Morgan fingerprint density at radius 3 is 1.60 bits per heavy atom. The predicted molar refractivity (Wildman–Crippen MR) is 261 cm³/mol. The maximum absolute atomic E-state index is 7.23. The molecule has 0 radical (unpaired) electrons. The van der Waals surface area contributed by atoms with E-state index in [0.717, 1.165) is 33.6 Å². The molecule has 304 valence electrons. The first kappa shape index (κ1) is 38.3. The van der Waals surface area contributed by atoms with Gasteiger partial charge in [-0.15, -0.1) is 0 Å². The standard InChI is InChI=1S/C60H53NO/c1-57(2,3)40-35-48-47-24-18-28-54(56(47)62-55(48)53(36-40)58(4,5)6)61(42-33-34-46-43-21-12-15-25-49(43)59(7,8)52(46)37-42)41-31-29-39(30-32-41)60(38-19-10-9-11-20-38)50-26-16-13-22-44(50)45-23-14-17-27-51(45)60/h9-37H,1-8H3. The molecule has 2 heteroatoms. The number of nitrogens with zero attached hydrogens (tertiary/aromatic N) is 1. The molecule has 0 aliphatic heterocycles. The maximum atomic E-state index is 7.23. The molecule has 0 saturated carbocycles. The van der Waals surface area contributed by atoms with E-state index in [-0.39, 0.29) is 16.2 Å². The van der Waals surface area contributed by atoms with Crippen LogP contribution < -0.4 is 4.90 Å². The molecule has 8 aromatic carbocycles. The van der Waals surface area contributed by atoms with Crippen LogP contribution in [0.3, 0.4) is 0 Å². The fourth-order valence-corrected chi connectivity index (χ4v) is 10.9. The Kier molecular flexibility index (Phi) is 8.29. The molecule has 0 bridgehead atoms. The van der Waals surface area contributed by atoms with Gasteiger partial charge in [0.2, 0.25) is 0 Å². The van der Waals surface area contributed by atoms with Crippen molar-refractivity contribution in [1.82, 2.24) is 0 Å². The second-order valence-electron chi connectivity index (χ2n) is 20.1. The van der Waals surface area contributed by atoms with Crippen molar-refractivity contribution in [3.8, 4) is 22.3 Å². The summed E-state index contributed by atoms with van der Waals surface area (Å²) in [4.78, 5) is 2.43. The molecule has 0 atom stereocenters. The Labute approximate surface area is 366 Å². The second kappa shape index (κ2) is 13.4. The van der Waals surface area contributed by atoms with Crippen LogP contribution in [0.5, 0.6) is 0 Å². The third-order valence-electron chi connectivity index (χ3n) is 14.0. The zero-order valence-electron chi connectivity index (χ0n) is 37.1. The Bertz CT molecular complexity index is 3180. The molecule has 62 heavy (non-hydrogen) atoms. The van der Waals surface area contributed by atoms with E-state index in [2.05, 4.69) is 236 Å². The molecule has 0 spiro atoms. The summed E-state index contributed by atoms with van der Waals surface area (Å²) in [7, 11) is 0. The minimum Gasteiger partial charge on any atom is -0.454 e. The number of para-hydroxylation sites is 1. The van der Waals surface area contributed by atoms with Gasteiger partial charge in [0.05, 0.1) is 11.1 Å². The summed E-state index contributed by atoms with van der Waals surface area (Å²) in [6, 6.07) is 65.8. The number of benzene rings is 8. The van der Waals surface area contributed by atoms with Crippen LogP contribution in [0.2, 0.25) is 0 Å². The van der Waals surface area contributed by atoms with Gasteiger partial charge in [0, 0.05) is 33.1 Å². The summed E-state index contributed by atoms with van der Waals surface area (Å²) in [5, 5.41) is 2.30. The third kappa shape index (κ3) is 5.48. The van der Waals surface area contributed by atoms with Gasteiger partial charge in [-0.3, -0.25) is 0 Å². The SMILES string of the molecule is CC(C)(C)c1cc(C(C)(C)C)c2oc3c(N(c4ccc(C5(c6ccccc6)c6ccccc6-c6ccccc65)cc4)c4ccc5c(c4)C(C)(C)c4ccccc4-5)cccc3c2c1. The van der Waals surface area contributed by atoms with Gasteiger partial charge in [0.1, 0.15) is 5.58 Å². The van der Waals surface area contributed by atoms with E-state index in [1.165, 1.54) is 72.1 Å². The van der Waals surface area contributed by atoms with Crippen molar-refractivity contribution in [2.75, 3.05) is 4.90 Å². The zero-order valence-corrected chi connectivity index (χ0v) is 37.1. The topological polar surface area (TPSA) is 16.4 Å². The molecule has 2 aliphatic rings. The first-order valence-corrected chi connectivity index (χ1v) is 22.2. The summed E-state index contributed by atoms with van der Waals surface area (Å²) in [5.41, 5.74) is 19.9. The summed E-state index contributed by atoms with van der Waals surface area (Å²) in [6.45, 7) is 18.5. The lowest BCUT2D eigenvalue weighted by molar-refractivity contribution is 0.559. The van der Waals surface area contributed by atoms with E-state index in [9.17, 15) is 0 Å². The molecule has 0 amide bonds. The zero-order chi connectivity index (χ0) is 42.8. The molecule has 0 saturated heterocycles. The van der Waals surface area contributed by atoms with Crippen molar-refractivity contribution in [3.05, 3.63) is 220 Å². The third-order valence-corrected chi connectivity index (χ3v) is 14.0. The van der Waals surface area contributed by atoms with Gasteiger partial charge in [0.25, 0.3) is 0 Å². The minimum absolute atomic E-state index is 0.0184. The predicted octanol–water partition coefficient (Wildman–Crippen LogP) is 16.3. The lowest BCUT2D eigenvalue weighted by atomic mass is 9.68. The summed E-state index contributed by atoms with van der Waals surface area (Å²) >= 11 is 0. The van der Waals surface area contributed by atoms with Crippen LogP contribution in [0.15, 0.2) is 180 Å². The molecular weight excluding hydrogens is 751 g/mol. The number of fused-ring (bicyclic) bond motifs is 9. The molecule has 2 aliphatic carbocycles. The normalized spacial score (nSPS) is 14.7. The highest BCUT2D eigenvalue weighted by Gasteiger charge is 2.46. The van der Waals surface area contributed by atoms with Crippen LogP contribution in [0.25, 0.3) is 44.2 Å². The largest absolute Gasteiger partial charge is 0.454 e. The summed E-state index contributed by atoms with van der Waals surface area (Å²) in [6.07, 6.45) is 0. The molecule has 9 aromatic rings. The van der Waals surface area contributed by atoms with Gasteiger partial charge < -0.3 is 9.32 Å². The highest BCUT2D eigenvalue weighted by Crippen LogP contribution is 2.57. The van der Waals surface area contributed by atoms with Crippen LogP contribution in [0.1, 0.15) is 99.9 Å². The Morgan fingerprint density at radius 1 is 0.419 bits per heavy atom. The average Bonchev–Trinajstić information content (AvgIpc) is 3.88. The molecule has 0 N–H and O–H groups in total. The molecule has 2 nitrogen and oxygen atoms in total. The van der Waals surface area contributed by atoms with E-state index >= 15 is 0 Å². The fourth-order valence-electron chi connectivity index (χ4n) is 10.9. The number of furan rings is 1. The lowest BCUT2D eigenvalue weighted by Gasteiger charge is -2.34. The Morgan fingerprint density at radius 2 is 0.968 bits per heavy atom. The maximum Gasteiger partial charge on any atom is 0.159 e. The number of hydrogen-bond acceptors (Lipinski definition) is 2. The monoisotopic (exact) mass is 803 g/mol. The van der Waals surface area contributed by atoms with Crippen LogP contribution in [0.4, 0.5) is 17.1 Å². The van der Waals surface area contributed by atoms with Gasteiger partial charge in [-0.1, -0.05) is 195 Å². The van der Waals surface area contributed by atoms with Gasteiger partial charge >= 0.3 is 0 Å². The van der Waals surface area contributed by atoms with Crippen LogP contribution in [-0.4, -0.2) is 0 Å². The van der Waals surface area contributed by atoms with Crippen LogP contribution in [-0.2, 0) is 21.7 Å². The molecule has 1 aromatic heterocycles. The smallest absolute Gasteiger partial charge is 0.159 e. The highest BCUT2D eigenvalue weighted by molar-refractivity contribution is 6.11. The second-order valence-corrected chi connectivity index (χ2v) is 20.1. The van der Waals surface area contributed by atoms with Crippen LogP contribution in [0, 0.1) is 0 Å². The van der Waals surface area contributed by atoms with E-state index in [0.29, 0.717) is 0 Å². The number of hydrogen-bond donors (Lipinski definition) is 0. The highest BCUT2D eigenvalue weighted by atomic mass is 16.3. The first-order chi connectivity index (χ1) is 29.8. The summed E-state index contributed by atoms with van der Waals surface area (Å²) < 4.78 is 7.23. The molecule has 0 unspecified atom stereocenters. The van der Waals surface area contributed by atoms with Crippen molar-refractivity contribution < 1.29 is 4.42 Å². The first-order valence-electron chi connectivity index (χ1n) is 22.2. The van der Waals surface area contributed by atoms with Gasteiger partial charge in [0.15, 0.2) is 5.58 Å². The van der Waals surface area contributed by atoms with Crippen molar-refractivity contribution >= 4 is 39.0 Å². The number of rotatable bonds is 5. The fraction of sp³-hybridized carbons (Fsp3) is 0.200. The van der Waals surface area contributed by atoms with E-state index < -0.39 is 5.41 Å². The van der Waals surface area contributed by atoms with E-state index in [4.69, 9.17) is 4.42 Å². The van der Waals surface area contributed by atoms with Crippen molar-refractivity contribution in [1.29, 1.82) is 0 Å². The minimum atomic E-state index is -0.478. The molecule has 1 heterocycles. The van der Waals surface area contributed by atoms with Crippen molar-refractivity contribution in [2.24, 2.45) is 0 Å².